The fraction of sp³-hybridized carbons (Fsp3) is 0.464. The molecule has 35 heavy (non-hydrogen) atoms. The lowest BCUT2D eigenvalue weighted by Gasteiger charge is -2.39. The molecule has 7 heteroatoms. The number of nitrogens with zero attached hydrogens (tertiary/aromatic N) is 1. The molecule has 0 aliphatic heterocycles. The molecule has 2 atom stereocenters. The maximum absolute atomic E-state index is 13.2. The van der Waals surface area contributed by atoms with Crippen LogP contribution in [0.15, 0.2) is 48.5 Å². The molecule has 0 heterocycles. The zero-order valence-corrected chi connectivity index (χ0v) is 20.6. The summed E-state index contributed by atoms with van der Waals surface area (Å²) in [5.41, 5.74) is 4.07. The summed E-state index contributed by atoms with van der Waals surface area (Å²) in [6.45, 7) is 5.42. The molecule has 0 aromatic heterocycles. The highest BCUT2D eigenvalue weighted by Crippen LogP contribution is 2.44. The topological polar surface area (TPSA) is 95.9 Å². The quantitative estimate of drug-likeness (QED) is 0.622. The minimum atomic E-state index is -1.03. The van der Waals surface area contributed by atoms with Gasteiger partial charge in [-0.25, -0.2) is 4.79 Å². The molecule has 1 saturated carbocycles. The Labute approximate surface area is 206 Å². The average molecular weight is 479 g/mol. The van der Waals surface area contributed by atoms with Gasteiger partial charge in [0.05, 0.1) is 0 Å². The van der Waals surface area contributed by atoms with Crippen molar-refractivity contribution in [2.24, 2.45) is 5.92 Å². The van der Waals surface area contributed by atoms with E-state index in [0.717, 1.165) is 24.0 Å². The van der Waals surface area contributed by atoms with Crippen LogP contribution in [0.25, 0.3) is 11.1 Å². The Morgan fingerprint density at radius 3 is 2.17 bits per heavy atom. The molecule has 7 nitrogen and oxygen atoms in total. The highest BCUT2D eigenvalue weighted by molar-refractivity contribution is 5.84. The Morgan fingerprint density at radius 1 is 1.00 bits per heavy atom. The van der Waals surface area contributed by atoms with Crippen LogP contribution in [0.2, 0.25) is 0 Å². The van der Waals surface area contributed by atoms with Crippen LogP contribution in [0.4, 0.5) is 4.79 Å². The number of rotatable bonds is 6. The normalized spacial score (nSPS) is 19.4. The third kappa shape index (κ3) is 5.50. The Hall–Kier alpha value is -3.35. The zero-order chi connectivity index (χ0) is 25.2. The molecule has 186 valence electrons. The van der Waals surface area contributed by atoms with Crippen LogP contribution in [-0.4, -0.2) is 52.7 Å². The number of benzene rings is 2. The van der Waals surface area contributed by atoms with Gasteiger partial charge in [-0.3, -0.25) is 9.59 Å². The fourth-order valence-electron chi connectivity index (χ4n) is 5.35. The summed E-state index contributed by atoms with van der Waals surface area (Å²) in [5, 5.41) is 12.2. The van der Waals surface area contributed by atoms with Gasteiger partial charge in [-0.2, -0.15) is 0 Å². The molecule has 2 amide bonds. The van der Waals surface area contributed by atoms with E-state index in [-0.39, 0.29) is 36.9 Å². The second-order valence-corrected chi connectivity index (χ2v) is 10.5. The van der Waals surface area contributed by atoms with Crippen LogP contribution in [0.3, 0.4) is 0 Å². The molecule has 2 aromatic rings. The van der Waals surface area contributed by atoms with Crippen LogP contribution >= 0.6 is 0 Å². The predicted molar refractivity (Wildman–Crippen MR) is 133 cm³/mol. The number of ether oxygens (including phenoxy) is 1. The lowest BCUT2D eigenvalue weighted by Crippen LogP contribution is -2.52. The number of carbonyl (C=O) groups is 3. The Morgan fingerprint density at radius 2 is 1.60 bits per heavy atom. The summed E-state index contributed by atoms with van der Waals surface area (Å²) in [6.07, 6.45) is 2.24. The van der Waals surface area contributed by atoms with E-state index in [4.69, 9.17) is 4.74 Å². The van der Waals surface area contributed by atoms with Gasteiger partial charge in [0, 0.05) is 23.4 Å². The van der Waals surface area contributed by atoms with Gasteiger partial charge in [-0.1, -0.05) is 55.0 Å². The number of carbonyl (C=O) groups excluding carboxylic acids is 2. The molecule has 0 unspecified atom stereocenters. The van der Waals surface area contributed by atoms with E-state index in [1.807, 2.05) is 45.0 Å². The van der Waals surface area contributed by atoms with E-state index in [1.165, 1.54) is 16.0 Å². The third-order valence-electron chi connectivity index (χ3n) is 7.06. The number of fused-ring (bicyclic) bond motifs is 3. The first kappa shape index (κ1) is 24.8. The third-order valence-corrected chi connectivity index (χ3v) is 7.06. The monoisotopic (exact) mass is 478 g/mol. The van der Waals surface area contributed by atoms with E-state index in [2.05, 4.69) is 29.6 Å². The van der Waals surface area contributed by atoms with E-state index >= 15 is 0 Å². The number of carboxylic acid groups (broad SMARTS) is 1. The predicted octanol–water partition coefficient (Wildman–Crippen LogP) is 4.80. The van der Waals surface area contributed by atoms with Crippen LogP contribution in [0.5, 0.6) is 0 Å². The van der Waals surface area contributed by atoms with Gasteiger partial charge < -0.3 is 20.1 Å². The summed E-state index contributed by atoms with van der Waals surface area (Å²) in [6, 6.07) is 16.2. The first-order valence-electron chi connectivity index (χ1n) is 12.3. The van der Waals surface area contributed by atoms with Crippen LogP contribution in [0, 0.1) is 5.92 Å². The molecule has 4 rings (SSSR count). The van der Waals surface area contributed by atoms with Crippen LogP contribution in [0.1, 0.15) is 63.5 Å². The van der Waals surface area contributed by atoms with E-state index in [1.54, 1.807) is 0 Å². The SMILES string of the molecule is CC(C)(C)N(CC(=O)O)C(=O)[C@@H]1CCC[C@H](NC(=O)OCC2c3ccccc3-c3ccccc32)C1. The molecule has 0 radical (unpaired) electrons. The van der Waals surface area contributed by atoms with Crippen molar-refractivity contribution in [3.63, 3.8) is 0 Å². The van der Waals surface area contributed by atoms with Crippen molar-refractivity contribution in [2.45, 2.75) is 64.0 Å². The van der Waals surface area contributed by atoms with Gasteiger partial charge in [0.2, 0.25) is 5.91 Å². The van der Waals surface area contributed by atoms with Crippen molar-refractivity contribution < 1.29 is 24.2 Å². The standard InChI is InChI=1S/C28H34N2O5/c1-28(2,3)30(16-25(31)32)26(33)18-9-8-10-19(15-18)29-27(34)35-17-24-22-13-6-4-11-20(22)21-12-5-7-14-23(21)24/h4-7,11-14,18-19,24H,8-10,15-17H2,1-3H3,(H,29,34)(H,31,32)/t18-,19+/m1/s1. The van der Waals surface area contributed by atoms with E-state index in [9.17, 15) is 19.5 Å². The van der Waals surface area contributed by atoms with Gasteiger partial charge in [-0.15, -0.1) is 0 Å². The summed E-state index contributed by atoms with van der Waals surface area (Å²) in [7, 11) is 0. The number of alkyl carbamates (subject to hydrolysis) is 1. The lowest BCUT2D eigenvalue weighted by atomic mass is 9.84. The Bertz CT molecular complexity index is 1060. The van der Waals surface area contributed by atoms with Gasteiger partial charge in [-0.05, 0) is 62.3 Å². The Balaban J connectivity index is 1.36. The number of hydrogen-bond donors (Lipinski definition) is 2. The van der Waals surface area contributed by atoms with Crippen molar-refractivity contribution in [3.05, 3.63) is 59.7 Å². The molecular weight excluding hydrogens is 444 g/mol. The largest absolute Gasteiger partial charge is 0.480 e. The van der Waals surface area contributed by atoms with Crippen LogP contribution in [-0.2, 0) is 14.3 Å². The molecule has 2 aromatic carbocycles. The number of carboxylic acids is 1. The number of amides is 2. The molecule has 0 saturated heterocycles. The fourth-order valence-corrected chi connectivity index (χ4v) is 5.35. The highest BCUT2D eigenvalue weighted by atomic mass is 16.5. The zero-order valence-electron chi connectivity index (χ0n) is 20.6. The van der Waals surface area contributed by atoms with Crippen molar-refractivity contribution in [3.8, 4) is 11.1 Å². The number of nitrogens with one attached hydrogen (secondary N) is 1. The second kappa shape index (κ2) is 10.1. The second-order valence-electron chi connectivity index (χ2n) is 10.5. The number of hydrogen-bond acceptors (Lipinski definition) is 4. The van der Waals surface area contributed by atoms with Crippen molar-refractivity contribution in [1.82, 2.24) is 10.2 Å². The van der Waals surface area contributed by atoms with Gasteiger partial charge >= 0.3 is 12.1 Å². The van der Waals surface area contributed by atoms with Gasteiger partial charge in [0.15, 0.2) is 0 Å². The molecule has 2 N–H and O–H groups in total. The summed E-state index contributed by atoms with van der Waals surface area (Å²) < 4.78 is 5.67. The highest BCUT2D eigenvalue weighted by Gasteiger charge is 2.36. The minimum absolute atomic E-state index is 0.00908. The van der Waals surface area contributed by atoms with E-state index < -0.39 is 17.6 Å². The van der Waals surface area contributed by atoms with Gasteiger partial charge in [0.1, 0.15) is 13.2 Å². The summed E-state index contributed by atoms with van der Waals surface area (Å²) >= 11 is 0. The summed E-state index contributed by atoms with van der Waals surface area (Å²) in [4.78, 5) is 38.6. The first-order chi connectivity index (χ1) is 16.6. The smallest absolute Gasteiger partial charge is 0.407 e. The average Bonchev–Trinajstić information content (AvgIpc) is 3.14. The molecule has 1 fully saturated rings. The van der Waals surface area contributed by atoms with Crippen molar-refractivity contribution >= 4 is 18.0 Å². The Kier molecular flexibility index (Phi) is 7.15. The van der Waals surface area contributed by atoms with Crippen molar-refractivity contribution in [2.75, 3.05) is 13.2 Å². The van der Waals surface area contributed by atoms with E-state index in [0.29, 0.717) is 12.8 Å². The molecule has 0 spiro atoms. The molecule has 0 bridgehead atoms. The maximum atomic E-state index is 13.2. The summed E-state index contributed by atoms with van der Waals surface area (Å²) in [5.74, 6) is -1.53. The lowest BCUT2D eigenvalue weighted by molar-refractivity contribution is -0.151. The van der Waals surface area contributed by atoms with Crippen LogP contribution < -0.4 is 5.32 Å². The molecule has 2 aliphatic carbocycles. The molecular formula is C28H34N2O5. The first-order valence-corrected chi connectivity index (χ1v) is 12.3. The number of aliphatic carboxylic acids is 1. The van der Waals surface area contributed by atoms with Crippen molar-refractivity contribution in [1.29, 1.82) is 0 Å². The molecule has 2 aliphatic rings. The maximum Gasteiger partial charge on any atom is 0.407 e. The van der Waals surface area contributed by atoms with Gasteiger partial charge in [0.25, 0.3) is 0 Å². The minimum Gasteiger partial charge on any atom is -0.480 e.